The first kappa shape index (κ1) is 38.9. The van der Waals surface area contributed by atoms with E-state index in [0.717, 1.165) is 41.8 Å². The monoisotopic (exact) mass is 661 g/mol. The number of hydrogen-bond acceptors (Lipinski definition) is 3. The van der Waals surface area contributed by atoms with E-state index in [4.69, 9.17) is 11.6 Å². The molecule has 1 aromatic carbocycles. The van der Waals surface area contributed by atoms with Gasteiger partial charge in [-0.25, -0.2) is 0 Å². The van der Waals surface area contributed by atoms with Gasteiger partial charge in [0.1, 0.15) is 0 Å². The predicted molar refractivity (Wildman–Crippen MR) is 184 cm³/mol. The first-order valence-electron chi connectivity index (χ1n) is 16.1. The second-order valence-corrected chi connectivity index (χ2v) is 13.6. The number of halogens is 4. The van der Waals surface area contributed by atoms with Gasteiger partial charge in [-0.05, 0) is 80.9 Å². The van der Waals surface area contributed by atoms with Crippen LogP contribution in [0.25, 0.3) is 5.70 Å². The molecule has 0 saturated carbocycles. The summed E-state index contributed by atoms with van der Waals surface area (Å²) in [6, 6.07) is 4.75. The summed E-state index contributed by atoms with van der Waals surface area (Å²) in [5, 5.41) is 5.96. The lowest BCUT2D eigenvalue weighted by Gasteiger charge is -2.29. The molecule has 1 aromatic rings. The molecule has 0 aliphatic heterocycles. The summed E-state index contributed by atoms with van der Waals surface area (Å²) in [6.45, 7) is 18.7. The standard InChI is InChI=1S/C37H51ClF3N3O2/c1-9-12-25(3)33(44(10-2)27(5)30-16-18-31(19-17-30)37(39,40)41)20-15-26(4)43-34(45)23-29-21-28(13-11-14-32(38)22-29)24-42-35(46)36(6,7)8/h11,13,15-21,26,29,32H,5,9-10,12,14,22-24H2,1-4,6-8H3,(H,42,46)(H,43,45)/b13-11-,20-15-,28-21+,33-25+. The minimum Gasteiger partial charge on any atom is -0.352 e. The molecule has 0 heterocycles. The normalized spacial score (nSPS) is 20.5. The Morgan fingerprint density at radius 2 is 1.80 bits per heavy atom. The van der Waals surface area contributed by atoms with Crippen molar-refractivity contribution in [3.8, 4) is 0 Å². The van der Waals surface area contributed by atoms with Crippen molar-refractivity contribution < 1.29 is 22.8 Å². The first-order valence-corrected chi connectivity index (χ1v) is 16.5. The van der Waals surface area contributed by atoms with Crippen molar-refractivity contribution in [1.29, 1.82) is 0 Å². The Morgan fingerprint density at radius 1 is 1.15 bits per heavy atom. The SMILES string of the molecule is C=C(c1ccc(C(F)(F)F)cc1)N(CC)C(/C=C\C(C)NC(=O)CC1/C=C(CNC(=O)C(C)(C)C)\C=C/CC(Cl)C1)=C(\C)CCC. The Balaban J connectivity index is 2.18. The van der Waals surface area contributed by atoms with Crippen molar-refractivity contribution in [3.05, 3.63) is 89.2 Å². The molecule has 0 bridgehead atoms. The maximum atomic E-state index is 13.2. The summed E-state index contributed by atoms with van der Waals surface area (Å²) in [4.78, 5) is 27.6. The van der Waals surface area contributed by atoms with Crippen LogP contribution in [-0.4, -0.2) is 41.2 Å². The number of carbonyl (C=O) groups excluding carboxylic acids is 2. The smallest absolute Gasteiger partial charge is 0.352 e. The van der Waals surface area contributed by atoms with Gasteiger partial charge in [-0.1, -0.05) is 77.1 Å². The van der Waals surface area contributed by atoms with Crippen LogP contribution in [0.15, 0.2) is 78.1 Å². The molecule has 1 aliphatic carbocycles. The maximum absolute atomic E-state index is 13.2. The van der Waals surface area contributed by atoms with Gasteiger partial charge in [-0.15, -0.1) is 11.6 Å². The van der Waals surface area contributed by atoms with Crippen molar-refractivity contribution in [1.82, 2.24) is 15.5 Å². The third kappa shape index (κ3) is 12.5. The fourth-order valence-electron chi connectivity index (χ4n) is 5.24. The maximum Gasteiger partial charge on any atom is 0.416 e. The Bertz CT molecular complexity index is 1320. The second kappa shape index (κ2) is 17.6. The number of nitrogens with one attached hydrogen (secondary N) is 2. The van der Waals surface area contributed by atoms with Crippen molar-refractivity contribution in [3.63, 3.8) is 0 Å². The van der Waals surface area contributed by atoms with Crippen molar-refractivity contribution in [2.45, 2.75) is 98.2 Å². The van der Waals surface area contributed by atoms with Crippen LogP contribution in [-0.2, 0) is 15.8 Å². The zero-order chi connectivity index (χ0) is 34.7. The molecule has 1 aliphatic rings. The molecule has 2 N–H and O–H groups in total. The Hall–Kier alpha value is -3.26. The average Bonchev–Trinajstić information content (AvgIpc) is 2.95. The lowest BCUT2D eigenvalue weighted by atomic mass is 9.92. The number of amides is 2. The van der Waals surface area contributed by atoms with Crippen molar-refractivity contribution in [2.24, 2.45) is 11.3 Å². The molecule has 46 heavy (non-hydrogen) atoms. The topological polar surface area (TPSA) is 61.4 Å². The second-order valence-electron chi connectivity index (χ2n) is 13.0. The molecule has 0 aromatic heterocycles. The molecule has 0 spiro atoms. The summed E-state index contributed by atoms with van der Waals surface area (Å²) in [5.41, 5.74) is 2.95. The van der Waals surface area contributed by atoms with Crippen LogP contribution < -0.4 is 10.6 Å². The third-order valence-electron chi connectivity index (χ3n) is 7.79. The summed E-state index contributed by atoms with van der Waals surface area (Å²) in [5.74, 6) is -0.238. The molecule has 3 atom stereocenters. The van der Waals surface area contributed by atoms with Crippen LogP contribution >= 0.6 is 11.6 Å². The number of alkyl halides is 4. The van der Waals surface area contributed by atoms with Gasteiger partial charge in [0.2, 0.25) is 11.8 Å². The van der Waals surface area contributed by atoms with Crippen molar-refractivity contribution in [2.75, 3.05) is 13.1 Å². The van der Waals surface area contributed by atoms with Gasteiger partial charge in [-0.3, -0.25) is 9.59 Å². The minimum absolute atomic E-state index is 0.0406. The highest BCUT2D eigenvalue weighted by Crippen LogP contribution is 2.32. The van der Waals surface area contributed by atoms with E-state index in [2.05, 4.69) is 24.1 Å². The molecule has 254 valence electrons. The minimum atomic E-state index is -4.41. The molecule has 3 unspecified atom stereocenters. The Kier molecular flexibility index (Phi) is 14.9. The molecule has 0 saturated heterocycles. The molecule has 9 heteroatoms. The van der Waals surface area contributed by atoms with E-state index in [9.17, 15) is 22.8 Å². The molecule has 5 nitrogen and oxygen atoms in total. The largest absolute Gasteiger partial charge is 0.416 e. The highest BCUT2D eigenvalue weighted by molar-refractivity contribution is 6.20. The number of hydrogen-bond donors (Lipinski definition) is 2. The molecule has 0 radical (unpaired) electrons. The summed E-state index contributed by atoms with van der Waals surface area (Å²) in [7, 11) is 0. The van der Waals surface area contributed by atoms with Crippen LogP contribution in [0.2, 0.25) is 0 Å². The molecule has 2 amide bonds. The fourth-order valence-corrected chi connectivity index (χ4v) is 5.57. The van der Waals surface area contributed by atoms with Crippen LogP contribution in [0, 0.1) is 11.3 Å². The van der Waals surface area contributed by atoms with E-state index in [1.165, 1.54) is 12.1 Å². The van der Waals surface area contributed by atoms with E-state index >= 15 is 0 Å². The molecule has 0 fully saturated rings. The van der Waals surface area contributed by atoms with Gasteiger partial charge in [-0.2, -0.15) is 13.2 Å². The highest BCUT2D eigenvalue weighted by Gasteiger charge is 2.30. The van der Waals surface area contributed by atoms with E-state index in [1.54, 1.807) is 0 Å². The number of benzene rings is 1. The molecular weight excluding hydrogens is 611 g/mol. The number of likely N-dealkylation sites (N-methyl/N-ethyl adjacent to an activating group) is 1. The zero-order valence-corrected chi connectivity index (χ0v) is 29.1. The number of carbonyl (C=O) groups is 2. The zero-order valence-electron chi connectivity index (χ0n) is 28.4. The number of nitrogens with zero attached hydrogens (tertiary/aromatic N) is 1. The van der Waals surface area contributed by atoms with E-state index in [-0.39, 0.29) is 35.6 Å². The van der Waals surface area contributed by atoms with E-state index in [1.807, 2.05) is 76.8 Å². The van der Waals surface area contributed by atoms with E-state index < -0.39 is 17.2 Å². The Labute approximate surface area is 278 Å². The highest BCUT2D eigenvalue weighted by atomic mass is 35.5. The van der Waals surface area contributed by atoms with Gasteiger partial charge in [0.05, 0.1) is 5.56 Å². The van der Waals surface area contributed by atoms with Crippen LogP contribution in [0.5, 0.6) is 0 Å². The van der Waals surface area contributed by atoms with Gasteiger partial charge in [0.25, 0.3) is 0 Å². The number of rotatable bonds is 13. The summed E-state index contributed by atoms with van der Waals surface area (Å²) in [6.07, 6.45) is 8.82. The Morgan fingerprint density at radius 3 is 2.37 bits per heavy atom. The lowest BCUT2D eigenvalue weighted by molar-refractivity contribution is -0.137. The van der Waals surface area contributed by atoms with Gasteiger partial charge < -0.3 is 15.5 Å². The van der Waals surface area contributed by atoms with Gasteiger partial charge >= 0.3 is 6.18 Å². The van der Waals surface area contributed by atoms with E-state index in [0.29, 0.717) is 37.2 Å². The first-order chi connectivity index (χ1) is 21.5. The molecular formula is C37H51ClF3N3O2. The summed E-state index contributed by atoms with van der Waals surface area (Å²) >= 11 is 6.53. The van der Waals surface area contributed by atoms with Crippen molar-refractivity contribution >= 4 is 29.1 Å². The quantitative estimate of drug-likeness (QED) is 0.164. The third-order valence-corrected chi connectivity index (χ3v) is 8.14. The fraction of sp³-hybridized carbons (Fsp3) is 0.514. The number of allylic oxidation sites excluding steroid dienone is 4. The van der Waals surface area contributed by atoms with Gasteiger partial charge in [0, 0.05) is 47.7 Å². The lowest BCUT2D eigenvalue weighted by Crippen LogP contribution is -2.36. The predicted octanol–water partition coefficient (Wildman–Crippen LogP) is 9.19. The molecule has 2 rings (SSSR count). The summed E-state index contributed by atoms with van der Waals surface area (Å²) < 4.78 is 39.4. The average molecular weight is 662 g/mol. The van der Waals surface area contributed by atoms with Crippen LogP contribution in [0.3, 0.4) is 0 Å². The van der Waals surface area contributed by atoms with Crippen LogP contribution in [0.1, 0.15) is 91.7 Å². The van der Waals surface area contributed by atoms with Crippen LogP contribution in [0.4, 0.5) is 13.2 Å². The van der Waals surface area contributed by atoms with Gasteiger partial charge in [0.15, 0.2) is 0 Å².